The van der Waals surface area contributed by atoms with Gasteiger partial charge in [-0.2, -0.15) is 5.10 Å². The van der Waals surface area contributed by atoms with Crippen molar-refractivity contribution in [3.05, 3.63) is 29.5 Å². The van der Waals surface area contributed by atoms with Crippen LogP contribution >= 0.6 is 0 Å². The molecule has 0 fully saturated rings. The fourth-order valence-electron chi connectivity index (χ4n) is 1.23. The standard InChI is InChI=1S/C10H8N2/c1-3-8-4-5-10-9(6-8)7(2)11-12-10/h1,4-6H,2H3,(H,11,12). The van der Waals surface area contributed by atoms with E-state index in [9.17, 15) is 0 Å². The number of aromatic nitrogens is 2. The van der Waals surface area contributed by atoms with Crippen LogP contribution in [0.5, 0.6) is 0 Å². The largest absolute Gasteiger partial charge is 0.282 e. The number of benzene rings is 1. The third kappa shape index (κ3) is 0.876. The summed E-state index contributed by atoms with van der Waals surface area (Å²) in [5, 5.41) is 8.11. The Bertz CT molecular complexity index is 460. The van der Waals surface area contributed by atoms with Crippen LogP contribution in [0.3, 0.4) is 0 Å². The van der Waals surface area contributed by atoms with Crippen molar-refractivity contribution in [1.29, 1.82) is 0 Å². The van der Waals surface area contributed by atoms with Crippen molar-refractivity contribution in [2.45, 2.75) is 6.92 Å². The molecule has 0 aliphatic carbocycles. The van der Waals surface area contributed by atoms with Crippen LogP contribution in [0.15, 0.2) is 18.2 Å². The normalized spacial score (nSPS) is 10.0. The van der Waals surface area contributed by atoms with Crippen molar-refractivity contribution in [2.75, 3.05) is 0 Å². The molecule has 0 amide bonds. The molecule has 0 saturated heterocycles. The monoisotopic (exact) mass is 156 g/mol. The number of aromatic amines is 1. The molecule has 0 unspecified atom stereocenters. The lowest BCUT2D eigenvalue weighted by atomic mass is 10.1. The molecule has 1 aromatic heterocycles. The third-order valence-corrected chi connectivity index (χ3v) is 1.91. The maximum atomic E-state index is 5.28. The molecule has 58 valence electrons. The van der Waals surface area contributed by atoms with Crippen molar-refractivity contribution in [3.8, 4) is 12.3 Å². The van der Waals surface area contributed by atoms with Crippen molar-refractivity contribution >= 4 is 10.9 Å². The Morgan fingerprint density at radius 2 is 2.33 bits per heavy atom. The first kappa shape index (κ1) is 6.93. The van der Waals surface area contributed by atoms with Crippen LogP contribution < -0.4 is 0 Å². The van der Waals surface area contributed by atoms with Gasteiger partial charge in [0.05, 0.1) is 5.52 Å². The fourth-order valence-corrected chi connectivity index (χ4v) is 1.23. The Balaban J connectivity index is 2.82. The molecule has 0 radical (unpaired) electrons. The summed E-state index contributed by atoms with van der Waals surface area (Å²) < 4.78 is 0. The van der Waals surface area contributed by atoms with Gasteiger partial charge in [-0.1, -0.05) is 5.92 Å². The lowest BCUT2D eigenvalue weighted by Gasteiger charge is -1.90. The quantitative estimate of drug-likeness (QED) is 0.579. The van der Waals surface area contributed by atoms with Crippen molar-refractivity contribution < 1.29 is 0 Å². The lowest BCUT2D eigenvalue weighted by molar-refractivity contribution is 1.07. The van der Waals surface area contributed by atoms with E-state index in [2.05, 4.69) is 16.1 Å². The number of aryl methyl sites for hydroxylation is 1. The molecular weight excluding hydrogens is 148 g/mol. The highest BCUT2D eigenvalue weighted by atomic mass is 15.1. The molecular formula is C10H8N2. The molecule has 2 nitrogen and oxygen atoms in total. The average molecular weight is 156 g/mol. The average Bonchev–Trinajstić information content (AvgIpc) is 2.47. The van der Waals surface area contributed by atoms with E-state index in [1.54, 1.807) is 0 Å². The molecule has 12 heavy (non-hydrogen) atoms. The van der Waals surface area contributed by atoms with E-state index in [4.69, 9.17) is 6.42 Å². The first-order valence-corrected chi connectivity index (χ1v) is 3.72. The zero-order chi connectivity index (χ0) is 8.55. The van der Waals surface area contributed by atoms with Gasteiger partial charge in [0, 0.05) is 16.6 Å². The summed E-state index contributed by atoms with van der Waals surface area (Å²) >= 11 is 0. The molecule has 0 atom stereocenters. The first-order chi connectivity index (χ1) is 5.81. The highest BCUT2D eigenvalue weighted by Gasteiger charge is 2.00. The Morgan fingerprint density at radius 1 is 1.50 bits per heavy atom. The minimum absolute atomic E-state index is 0.895. The molecule has 1 aromatic carbocycles. The number of terminal acetylenes is 1. The van der Waals surface area contributed by atoms with Gasteiger partial charge in [0.25, 0.3) is 0 Å². The molecule has 0 spiro atoms. The fraction of sp³-hybridized carbons (Fsp3) is 0.100. The van der Waals surface area contributed by atoms with Gasteiger partial charge in [0.15, 0.2) is 0 Å². The van der Waals surface area contributed by atoms with Gasteiger partial charge >= 0.3 is 0 Å². The summed E-state index contributed by atoms with van der Waals surface area (Å²) in [6.07, 6.45) is 5.28. The van der Waals surface area contributed by atoms with Crippen LogP contribution in [0.2, 0.25) is 0 Å². The Labute approximate surface area is 70.6 Å². The topological polar surface area (TPSA) is 28.7 Å². The van der Waals surface area contributed by atoms with Crippen LogP contribution in [-0.4, -0.2) is 10.2 Å². The zero-order valence-corrected chi connectivity index (χ0v) is 6.76. The molecule has 0 saturated carbocycles. The summed E-state index contributed by atoms with van der Waals surface area (Å²) in [5.41, 5.74) is 2.92. The van der Waals surface area contributed by atoms with Crippen molar-refractivity contribution in [1.82, 2.24) is 10.2 Å². The van der Waals surface area contributed by atoms with Gasteiger partial charge in [-0.25, -0.2) is 0 Å². The van der Waals surface area contributed by atoms with Gasteiger partial charge in [-0.15, -0.1) is 6.42 Å². The van der Waals surface area contributed by atoms with Crippen LogP contribution in [-0.2, 0) is 0 Å². The van der Waals surface area contributed by atoms with Crippen molar-refractivity contribution in [3.63, 3.8) is 0 Å². The van der Waals surface area contributed by atoms with Crippen LogP contribution in [0.25, 0.3) is 10.9 Å². The lowest BCUT2D eigenvalue weighted by Crippen LogP contribution is -1.74. The van der Waals surface area contributed by atoms with Crippen LogP contribution in [0.1, 0.15) is 11.3 Å². The number of fused-ring (bicyclic) bond motifs is 1. The second kappa shape index (κ2) is 2.38. The minimum atomic E-state index is 0.895. The van der Waals surface area contributed by atoms with Crippen LogP contribution in [0.4, 0.5) is 0 Å². The summed E-state index contributed by atoms with van der Waals surface area (Å²) in [4.78, 5) is 0. The highest BCUT2D eigenvalue weighted by Crippen LogP contribution is 2.15. The predicted molar refractivity (Wildman–Crippen MR) is 48.8 cm³/mol. The maximum Gasteiger partial charge on any atom is 0.0924 e. The molecule has 0 aliphatic rings. The molecule has 0 bridgehead atoms. The molecule has 2 rings (SSSR count). The molecule has 0 aliphatic heterocycles. The van der Waals surface area contributed by atoms with Crippen LogP contribution in [0, 0.1) is 19.3 Å². The van der Waals surface area contributed by atoms with Gasteiger partial charge < -0.3 is 0 Å². The molecule has 1 heterocycles. The predicted octanol–water partition coefficient (Wildman–Crippen LogP) is 1.85. The van der Waals surface area contributed by atoms with E-state index >= 15 is 0 Å². The van der Waals surface area contributed by atoms with Gasteiger partial charge in [-0.05, 0) is 25.1 Å². The second-order valence-corrected chi connectivity index (χ2v) is 2.72. The highest BCUT2D eigenvalue weighted by molar-refractivity contribution is 5.82. The van der Waals surface area contributed by atoms with Gasteiger partial charge in [-0.3, -0.25) is 5.10 Å². The summed E-state index contributed by atoms with van der Waals surface area (Å²) in [7, 11) is 0. The third-order valence-electron chi connectivity index (χ3n) is 1.91. The molecule has 2 aromatic rings. The van der Waals surface area contributed by atoms with E-state index in [1.165, 1.54) is 0 Å². The smallest absolute Gasteiger partial charge is 0.0924 e. The number of hydrogen-bond donors (Lipinski definition) is 1. The summed E-state index contributed by atoms with van der Waals surface area (Å²) in [6, 6.07) is 5.78. The number of H-pyrrole nitrogens is 1. The summed E-state index contributed by atoms with van der Waals surface area (Å²) in [6.45, 7) is 1.98. The summed E-state index contributed by atoms with van der Waals surface area (Å²) in [5.74, 6) is 2.59. The van der Waals surface area contributed by atoms with Gasteiger partial charge in [0.2, 0.25) is 0 Å². The minimum Gasteiger partial charge on any atom is -0.282 e. The maximum absolute atomic E-state index is 5.28. The van der Waals surface area contributed by atoms with E-state index in [-0.39, 0.29) is 0 Å². The molecule has 2 heteroatoms. The molecule has 1 N–H and O–H groups in total. The first-order valence-electron chi connectivity index (χ1n) is 3.72. The van der Waals surface area contributed by atoms with Gasteiger partial charge in [0.1, 0.15) is 0 Å². The Morgan fingerprint density at radius 3 is 3.08 bits per heavy atom. The number of nitrogens with one attached hydrogen (secondary N) is 1. The SMILES string of the molecule is C#Cc1ccc2n[nH]c(C)c2c1. The Hall–Kier alpha value is -1.75. The van der Waals surface area contributed by atoms with E-state index < -0.39 is 0 Å². The number of nitrogens with zero attached hydrogens (tertiary/aromatic N) is 1. The number of hydrogen-bond acceptors (Lipinski definition) is 1. The van der Waals surface area contributed by atoms with Crippen molar-refractivity contribution in [2.24, 2.45) is 0 Å². The zero-order valence-electron chi connectivity index (χ0n) is 6.76. The second-order valence-electron chi connectivity index (χ2n) is 2.72. The van der Waals surface area contributed by atoms with E-state index in [1.807, 2.05) is 25.1 Å². The van der Waals surface area contributed by atoms with E-state index in [0.717, 1.165) is 22.2 Å². The number of rotatable bonds is 0. The Kier molecular flexibility index (Phi) is 1.38. The van der Waals surface area contributed by atoms with E-state index in [0.29, 0.717) is 0 Å².